The Bertz CT molecular complexity index is 533. The van der Waals surface area contributed by atoms with Crippen molar-refractivity contribution in [1.29, 1.82) is 0 Å². The van der Waals surface area contributed by atoms with Crippen molar-refractivity contribution in [3.8, 4) is 0 Å². The van der Waals surface area contributed by atoms with Crippen LogP contribution in [0.4, 0.5) is 5.69 Å². The van der Waals surface area contributed by atoms with Crippen molar-refractivity contribution in [3.05, 3.63) is 17.7 Å². The van der Waals surface area contributed by atoms with E-state index < -0.39 is 0 Å². The maximum atomic E-state index is 11.7. The summed E-state index contributed by atoms with van der Waals surface area (Å²) in [5, 5.41) is 2.90. The largest absolute Gasteiger partial charge is 0.324 e. The molecular formula is C11H13N3OS. The first-order valence-electron chi connectivity index (χ1n) is 5.12. The molecule has 0 atom stereocenters. The molecule has 0 aliphatic carbocycles. The summed E-state index contributed by atoms with van der Waals surface area (Å²) in [4.78, 5) is 11.7. The molecule has 0 radical (unpaired) electrons. The number of hydrogen-bond donors (Lipinski definition) is 1. The van der Waals surface area contributed by atoms with Crippen LogP contribution in [0.15, 0.2) is 12.1 Å². The molecule has 0 unspecified atom stereocenters. The molecule has 2 aromatic rings. The number of nitrogens with one attached hydrogen (secondary N) is 1. The predicted octanol–water partition coefficient (Wildman–Crippen LogP) is 2.59. The second-order valence-corrected chi connectivity index (χ2v) is 4.56. The topological polar surface area (TPSA) is 54.9 Å². The van der Waals surface area contributed by atoms with Gasteiger partial charge in [0, 0.05) is 5.92 Å². The van der Waals surface area contributed by atoms with Crippen molar-refractivity contribution in [3.63, 3.8) is 0 Å². The minimum atomic E-state index is -0.0405. The van der Waals surface area contributed by atoms with Gasteiger partial charge in [-0.3, -0.25) is 4.79 Å². The molecule has 1 aromatic carbocycles. The molecule has 16 heavy (non-hydrogen) atoms. The standard InChI is InChI=1S/C11H13N3OS/c1-6(2)11(15)12-9-7(3)4-5-8-10(9)14-16-13-8/h4-6H,1-3H3,(H,12,15). The summed E-state index contributed by atoms with van der Waals surface area (Å²) < 4.78 is 8.36. The first kappa shape index (κ1) is 11.0. The lowest BCUT2D eigenvalue weighted by atomic mass is 10.1. The van der Waals surface area contributed by atoms with Crippen LogP contribution in [0.1, 0.15) is 19.4 Å². The number of aryl methyl sites for hydroxylation is 1. The number of benzene rings is 1. The fourth-order valence-corrected chi connectivity index (χ4v) is 1.92. The van der Waals surface area contributed by atoms with Crippen LogP contribution in [0, 0.1) is 12.8 Å². The van der Waals surface area contributed by atoms with Crippen LogP contribution < -0.4 is 5.32 Å². The first-order valence-corrected chi connectivity index (χ1v) is 5.85. The number of nitrogens with zero attached hydrogens (tertiary/aromatic N) is 2. The summed E-state index contributed by atoms with van der Waals surface area (Å²) in [6.07, 6.45) is 0. The predicted molar refractivity (Wildman–Crippen MR) is 65.6 cm³/mol. The van der Waals surface area contributed by atoms with Gasteiger partial charge in [-0.2, -0.15) is 8.75 Å². The molecule has 4 nitrogen and oxygen atoms in total. The van der Waals surface area contributed by atoms with Gasteiger partial charge in [0.25, 0.3) is 0 Å². The number of rotatable bonds is 2. The van der Waals surface area contributed by atoms with Gasteiger partial charge < -0.3 is 5.32 Å². The number of amides is 1. The molecule has 0 spiro atoms. The van der Waals surface area contributed by atoms with Gasteiger partial charge in [-0.05, 0) is 18.6 Å². The van der Waals surface area contributed by atoms with Gasteiger partial charge in [0.1, 0.15) is 11.0 Å². The molecule has 1 heterocycles. The molecule has 0 aliphatic heterocycles. The first-order chi connectivity index (χ1) is 7.59. The Morgan fingerprint density at radius 3 is 2.81 bits per heavy atom. The quantitative estimate of drug-likeness (QED) is 0.870. The Hall–Kier alpha value is -1.49. The highest BCUT2D eigenvalue weighted by Gasteiger charge is 2.13. The molecule has 2 rings (SSSR count). The number of fused-ring (bicyclic) bond motifs is 1. The number of carbonyl (C=O) groups is 1. The summed E-state index contributed by atoms with van der Waals surface area (Å²) in [6, 6.07) is 3.86. The van der Waals surface area contributed by atoms with Crippen LogP contribution in [-0.4, -0.2) is 14.7 Å². The third-order valence-corrected chi connectivity index (χ3v) is 2.95. The number of hydrogen-bond acceptors (Lipinski definition) is 4. The van der Waals surface area contributed by atoms with E-state index in [9.17, 15) is 4.79 Å². The highest BCUT2D eigenvalue weighted by molar-refractivity contribution is 7.00. The molecule has 84 valence electrons. The average molecular weight is 235 g/mol. The monoisotopic (exact) mass is 235 g/mol. The second-order valence-electron chi connectivity index (χ2n) is 4.03. The Labute approximate surface area is 98.0 Å². The van der Waals surface area contributed by atoms with E-state index in [2.05, 4.69) is 14.1 Å². The number of anilines is 1. The maximum Gasteiger partial charge on any atom is 0.226 e. The summed E-state index contributed by atoms with van der Waals surface area (Å²) in [7, 11) is 0. The van der Waals surface area contributed by atoms with E-state index in [0.29, 0.717) is 0 Å². The smallest absolute Gasteiger partial charge is 0.226 e. The van der Waals surface area contributed by atoms with Crippen LogP contribution in [-0.2, 0) is 4.79 Å². The molecule has 1 aromatic heterocycles. The lowest BCUT2D eigenvalue weighted by Crippen LogP contribution is -2.18. The zero-order valence-corrected chi connectivity index (χ0v) is 10.3. The zero-order chi connectivity index (χ0) is 11.7. The maximum absolute atomic E-state index is 11.7. The van der Waals surface area contributed by atoms with Crippen molar-refractivity contribution < 1.29 is 4.79 Å². The summed E-state index contributed by atoms with van der Waals surface area (Å²) in [5.41, 5.74) is 3.40. The summed E-state index contributed by atoms with van der Waals surface area (Å²) in [6.45, 7) is 5.68. The van der Waals surface area contributed by atoms with E-state index in [1.807, 2.05) is 32.9 Å². The zero-order valence-electron chi connectivity index (χ0n) is 9.44. The number of aromatic nitrogens is 2. The summed E-state index contributed by atoms with van der Waals surface area (Å²) in [5.74, 6) is -0.0372. The minimum absolute atomic E-state index is 0.00333. The Morgan fingerprint density at radius 1 is 1.38 bits per heavy atom. The van der Waals surface area contributed by atoms with Crippen LogP contribution in [0.5, 0.6) is 0 Å². The molecule has 5 heteroatoms. The third kappa shape index (κ3) is 1.90. The van der Waals surface area contributed by atoms with Crippen LogP contribution >= 0.6 is 11.7 Å². The molecule has 1 amide bonds. The van der Waals surface area contributed by atoms with Gasteiger partial charge in [-0.25, -0.2) is 0 Å². The molecule has 0 bridgehead atoms. The lowest BCUT2D eigenvalue weighted by molar-refractivity contribution is -0.118. The van der Waals surface area contributed by atoms with Crippen LogP contribution in [0.3, 0.4) is 0 Å². The SMILES string of the molecule is Cc1ccc2nsnc2c1NC(=O)C(C)C. The van der Waals surface area contributed by atoms with Gasteiger partial charge >= 0.3 is 0 Å². The van der Waals surface area contributed by atoms with E-state index in [0.717, 1.165) is 34.0 Å². The van der Waals surface area contributed by atoms with Crippen molar-refractivity contribution in [2.24, 2.45) is 5.92 Å². The van der Waals surface area contributed by atoms with E-state index in [1.54, 1.807) is 0 Å². The average Bonchev–Trinajstić information content (AvgIpc) is 2.70. The van der Waals surface area contributed by atoms with Crippen molar-refractivity contribution in [2.75, 3.05) is 5.32 Å². The van der Waals surface area contributed by atoms with Crippen molar-refractivity contribution in [2.45, 2.75) is 20.8 Å². The van der Waals surface area contributed by atoms with Crippen LogP contribution in [0.2, 0.25) is 0 Å². The van der Waals surface area contributed by atoms with Gasteiger partial charge in [0.2, 0.25) is 5.91 Å². The summed E-state index contributed by atoms with van der Waals surface area (Å²) >= 11 is 1.16. The molecule has 0 fully saturated rings. The Morgan fingerprint density at radius 2 is 2.12 bits per heavy atom. The fourth-order valence-electron chi connectivity index (χ4n) is 1.38. The normalized spacial score (nSPS) is 11.0. The van der Waals surface area contributed by atoms with E-state index in [1.165, 1.54) is 0 Å². The Kier molecular flexibility index (Phi) is 2.87. The number of carbonyl (C=O) groups excluding carboxylic acids is 1. The van der Waals surface area contributed by atoms with Crippen molar-refractivity contribution >= 4 is 34.4 Å². The van der Waals surface area contributed by atoms with E-state index in [-0.39, 0.29) is 11.8 Å². The highest BCUT2D eigenvalue weighted by atomic mass is 32.1. The van der Waals surface area contributed by atoms with Gasteiger partial charge in [0.05, 0.1) is 17.4 Å². The highest BCUT2D eigenvalue weighted by Crippen LogP contribution is 2.25. The molecule has 1 N–H and O–H groups in total. The fraction of sp³-hybridized carbons (Fsp3) is 0.364. The molecular weight excluding hydrogens is 222 g/mol. The third-order valence-electron chi connectivity index (χ3n) is 2.41. The molecule has 0 saturated carbocycles. The van der Waals surface area contributed by atoms with Crippen LogP contribution in [0.25, 0.3) is 11.0 Å². The van der Waals surface area contributed by atoms with Gasteiger partial charge in [0.15, 0.2) is 0 Å². The minimum Gasteiger partial charge on any atom is -0.324 e. The van der Waals surface area contributed by atoms with Gasteiger partial charge in [-0.15, -0.1) is 0 Å². The van der Waals surface area contributed by atoms with Crippen molar-refractivity contribution in [1.82, 2.24) is 8.75 Å². The second kappa shape index (κ2) is 4.17. The Balaban J connectivity index is 2.46. The van der Waals surface area contributed by atoms with E-state index >= 15 is 0 Å². The van der Waals surface area contributed by atoms with E-state index in [4.69, 9.17) is 0 Å². The molecule has 0 aliphatic rings. The van der Waals surface area contributed by atoms with Gasteiger partial charge in [-0.1, -0.05) is 19.9 Å². The molecule has 0 saturated heterocycles. The lowest BCUT2D eigenvalue weighted by Gasteiger charge is -2.10.